The first-order valence-electron chi connectivity index (χ1n) is 11.1. The zero-order chi connectivity index (χ0) is 24.0. The summed E-state index contributed by atoms with van der Waals surface area (Å²) in [6.07, 6.45) is 0.988. The Balaban J connectivity index is 1.72. The second-order valence-corrected chi connectivity index (χ2v) is 9.17. The van der Waals surface area contributed by atoms with Gasteiger partial charge in [0.25, 0.3) is 5.91 Å². The largest absolute Gasteiger partial charge is 0.492 e. The number of thiophene rings is 1. The van der Waals surface area contributed by atoms with E-state index in [0.717, 1.165) is 44.7 Å². The number of nitrogens with one attached hydrogen (secondary N) is 2. The highest BCUT2D eigenvalue weighted by Gasteiger charge is 2.38. The van der Waals surface area contributed by atoms with Gasteiger partial charge >= 0.3 is 0 Å². The maximum atomic E-state index is 13.3. The summed E-state index contributed by atoms with van der Waals surface area (Å²) in [7, 11) is 4.85. The molecule has 2 aromatic heterocycles. The highest BCUT2D eigenvalue weighted by Crippen LogP contribution is 2.55. The van der Waals surface area contributed by atoms with Gasteiger partial charge in [-0.1, -0.05) is 13.3 Å². The van der Waals surface area contributed by atoms with Crippen LogP contribution in [0.2, 0.25) is 0 Å². The van der Waals surface area contributed by atoms with E-state index in [9.17, 15) is 4.79 Å². The molecule has 0 spiro atoms. The van der Waals surface area contributed by atoms with E-state index in [1.54, 1.807) is 21.3 Å². The molecule has 3 aromatic rings. The minimum absolute atomic E-state index is 0.0756. The molecule has 0 aliphatic carbocycles. The van der Waals surface area contributed by atoms with Gasteiger partial charge in [-0.3, -0.25) is 4.79 Å². The van der Waals surface area contributed by atoms with Gasteiger partial charge in [0.15, 0.2) is 11.5 Å². The first kappa shape index (κ1) is 22.5. The van der Waals surface area contributed by atoms with Gasteiger partial charge < -0.3 is 34.3 Å². The number of hydrogen-bond donors (Lipinski definition) is 2. The molecule has 2 aliphatic heterocycles. The Bertz CT molecular complexity index is 1290. The van der Waals surface area contributed by atoms with Crippen LogP contribution in [0.4, 0.5) is 5.69 Å². The lowest BCUT2D eigenvalue weighted by Gasteiger charge is -2.30. The standard InChI is InChI=1S/C24H27N3O6S/c1-6-7-13-15(18(31-5)20-19(17(13)30-4)32-10-33-20)22-26-16-14-12(9-29-3)8-11(2)25-24(14)34-21(16)23(28)27-22/h8,22,26H,6-7,9-10H2,1-5H3,(H,27,28). The third-order valence-electron chi connectivity index (χ3n) is 6.01. The summed E-state index contributed by atoms with van der Waals surface area (Å²) in [4.78, 5) is 19.4. The molecule has 0 fully saturated rings. The number of benzene rings is 1. The Kier molecular flexibility index (Phi) is 5.86. The van der Waals surface area contributed by atoms with E-state index in [4.69, 9.17) is 23.7 Å². The average Bonchev–Trinajstić information content (AvgIpc) is 3.43. The maximum absolute atomic E-state index is 13.3. The average molecular weight is 486 g/mol. The molecule has 2 aliphatic rings. The molecule has 0 radical (unpaired) electrons. The van der Waals surface area contributed by atoms with Crippen LogP contribution in [0.5, 0.6) is 23.0 Å². The van der Waals surface area contributed by atoms with Crippen LogP contribution in [0, 0.1) is 6.92 Å². The molecule has 2 N–H and O–H groups in total. The molecule has 34 heavy (non-hydrogen) atoms. The Hall–Kier alpha value is -3.24. The minimum Gasteiger partial charge on any atom is -0.492 e. The monoisotopic (exact) mass is 485 g/mol. The molecule has 1 aromatic carbocycles. The number of aromatic nitrogens is 1. The molecule has 0 saturated carbocycles. The van der Waals surface area contributed by atoms with Gasteiger partial charge in [-0.05, 0) is 25.0 Å². The third kappa shape index (κ3) is 3.40. The number of methoxy groups -OCH3 is 3. The lowest BCUT2D eigenvalue weighted by atomic mass is 9.95. The molecule has 180 valence electrons. The molecule has 9 nitrogen and oxygen atoms in total. The summed E-state index contributed by atoms with van der Waals surface area (Å²) in [6.45, 7) is 4.52. The van der Waals surface area contributed by atoms with Crippen molar-refractivity contribution in [2.45, 2.75) is 39.5 Å². The van der Waals surface area contributed by atoms with Crippen LogP contribution in [-0.2, 0) is 17.8 Å². The number of amides is 1. The molecule has 10 heteroatoms. The Labute approximate surface area is 201 Å². The summed E-state index contributed by atoms with van der Waals surface area (Å²) < 4.78 is 28.5. The van der Waals surface area contributed by atoms with Crippen molar-refractivity contribution in [1.82, 2.24) is 10.3 Å². The second-order valence-electron chi connectivity index (χ2n) is 8.17. The smallest absolute Gasteiger partial charge is 0.265 e. The third-order valence-corrected chi connectivity index (χ3v) is 7.09. The zero-order valence-corrected chi connectivity index (χ0v) is 20.6. The van der Waals surface area contributed by atoms with Crippen molar-refractivity contribution in [2.24, 2.45) is 0 Å². The SMILES string of the molecule is CCCc1c(OC)c2c(c(OC)c1C1NC(=O)c3sc4nc(C)cc(COC)c4c3N1)OCO2. The first-order chi connectivity index (χ1) is 16.5. The summed E-state index contributed by atoms with van der Waals surface area (Å²) in [5.74, 6) is 1.94. The molecule has 1 amide bonds. The van der Waals surface area contributed by atoms with Crippen molar-refractivity contribution in [3.63, 3.8) is 0 Å². The lowest BCUT2D eigenvalue weighted by Crippen LogP contribution is -2.38. The zero-order valence-electron chi connectivity index (χ0n) is 19.8. The topological polar surface area (TPSA) is 100 Å². The number of carbonyl (C=O) groups excluding carboxylic acids is 1. The fourth-order valence-electron chi connectivity index (χ4n) is 4.76. The van der Waals surface area contributed by atoms with Crippen molar-refractivity contribution < 1.29 is 28.5 Å². The highest BCUT2D eigenvalue weighted by molar-refractivity contribution is 7.21. The van der Waals surface area contributed by atoms with Crippen LogP contribution in [0.15, 0.2) is 6.07 Å². The van der Waals surface area contributed by atoms with Crippen LogP contribution >= 0.6 is 11.3 Å². The van der Waals surface area contributed by atoms with E-state index in [0.29, 0.717) is 40.9 Å². The van der Waals surface area contributed by atoms with E-state index in [-0.39, 0.29) is 12.7 Å². The van der Waals surface area contributed by atoms with Gasteiger partial charge in [0.05, 0.1) is 26.5 Å². The van der Waals surface area contributed by atoms with Gasteiger partial charge in [-0.25, -0.2) is 4.98 Å². The van der Waals surface area contributed by atoms with Gasteiger partial charge in [0.1, 0.15) is 15.9 Å². The van der Waals surface area contributed by atoms with E-state index in [1.807, 2.05) is 13.0 Å². The van der Waals surface area contributed by atoms with Crippen LogP contribution in [0.3, 0.4) is 0 Å². The number of ether oxygens (including phenoxy) is 5. The van der Waals surface area contributed by atoms with Gasteiger partial charge in [-0.15, -0.1) is 11.3 Å². The lowest BCUT2D eigenvalue weighted by molar-refractivity contribution is 0.0939. The molecule has 0 saturated heterocycles. The summed E-state index contributed by atoms with van der Waals surface area (Å²) >= 11 is 1.37. The summed E-state index contributed by atoms with van der Waals surface area (Å²) in [5, 5.41) is 7.55. The number of hydrogen-bond acceptors (Lipinski definition) is 9. The molecule has 4 heterocycles. The number of anilines is 1. The molecule has 1 unspecified atom stereocenters. The van der Waals surface area contributed by atoms with Gasteiger partial charge in [0.2, 0.25) is 18.3 Å². The molecule has 5 rings (SSSR count). The predicted molar refractivity (Wildman–Crippen MR) is 129 cm³/mol. The molecular weight excluding hydrogens is 458 g/mol. The Morgan fingerprint density at radius 2 is 1.88 bits per heavy atom. The number of aryl methyl sites for hydroxylation is 1. The first-order valence-corrected chi connectivity index (χ1v) is 11.9. The van der Waals surface area contributed by atoms with E-state index < -0.39 is 6.17 Å². The van der Waals surface area contributed by atoms with Crippen LogP contribution in [0.25, 0.3) is 10.2 Å². The number of fused-ring (bicyclic) bond motifs is 4. The van der Waals surface area contributed by atoms with Gasteiger partial charge in [0, 0.05) is 29.3 Å². The fraction of sp³-hybridized carbons (Fsp3) is 0.417. The highest BCUT2D eigenvalue weighted by atomic mass is 32.1. The molecule has 0 bridgehead atoms. The fourth-order valence-corrected chi connectivity index (χ4v) is 5.89. The summed E-state index contributed by atoms with van der Waals surface area (Å²) in [6, 6.07) is 1.99. The molecular formula is C24H27N3O6S. The Morgan fingerprint density at radius 1 is 1.15 bits per heavy atom. The normalized spacial score (nSPS) is 16.3. The number of carbonyl (C=O) groups is 1. The van der Waals surface area contributed by atoms with Crippen LogP contribution in [-0.4, -0.2) is 39.0 Å². The van der Waals surface area contributed by atoms with Crippen molar-refractivity contribution >= 4 is 33.1 Å². The minimum atomic E-state index is -0.575. The Morgan fingerprint density at radius 3 is 2.56 bits per heavy atom. The summed E-state index contributed by atoms with van der Waals surface area (Å²) in [5.41, 5.74) is 4.26. The van der Waals surface area contributed by atoms with E-state index in [1.165, 1.54) is 11.3 Å². The van der Waals surface area contributed by atoms with Crippen molar-refractivity contribution in [1.29, 1.82) is 0 Å². The number of nitrogens with zero attached hydrogens (tertiary/aromatic N) is 1. The van der Waals surface area contributed by atoms with Crippen LogP contribution in [0.1, 0.15) is 51.6 Å². The predicted octanol–water partition coefficient (Wildman–Crippen LogP) is 4.30. The van der Waals surface area contributed by atoms with Crippen molar-refractivity contribution in [2.75, 3.05) is 33.4 Å². The van der Waals surface area contributed by atoms with E-state index in [2.05, 4.69) is 22.5 Å². The van der Waals surface area contributed by atoms with Gasteiger partial charge in [-0.2, -0.15) is 0 Å². The number of rotatable bonds is 7. The second kappa shape index (κ2) is 8.84. The maximum Gasteiger partial charge on any atom is 0.265 e. The van der Waals surface area contributed by atoms with Crippen LogP contribution < -0.4 is 29.6 Å². The van der Waals surface area contributed by atoms with Crippen molar-refractivity contribution in [3.8, 4) is 23.0 Å². The quantitative estimate of drug-likeness (QED) is 0.511. The van der Waals surface area contributed by atoms with Crippen molar-refractivity contribution in [3.05, 3.63) is 33.3 Å². The van der Waals surface area contributed by atoms with E-state index >= 15 is 0 Å². The molecule has 1 atom stereocenters. The number of pyridine rings is 1.